The van der Waals surface area contributed by atoms with Gasteiger partial charge in [-0.1, -0.05) is 0 Å². The lowest BCUT2D eigenvalue weighted by molar-refractivity contribution is 0.297. The van der Waals surface area contributed by atoms with Crippen molar-refractivity contribution in [2.75, 3.05) is 13.7 Å². The second-order valence-corrected chi connectivity index (χ2v) is 4.45. The SMILES string of the molecule is CNC(C)(C#N)CCCCOc1ccc(F)cc1. The van der Waals surface area contributed by atoms with Crippen molar-refractivity contribution in [2.24, 2.45) is 0 Å². The van der Waals surface area contributed by atoms with Gasteiger partial charge in [0.1, 0.15) is 17.1 Å². The van der Waals surface area contributed by atoms with Crippen molar-refractivity contribution < 1.29 is 9.13 Å². The lowest BCUT2D eigenvalue weighted by Gasteiger charge is -2.20. The van der Waals surface area contributed by atoms with Crippen LogP contribution in [0.2, 0.25) is 0 Å². The first-order chi connectivity index (χ1) is 8.59. The van der Waals surface area contributed by atoms with Crippen LogP contribution in [0.1, 0.15) is 26.2 Å². The smallest absolute Gasteiger partial charge is 0.123 e. The van der Waals surface area contributed by atoms with E-state index in [1.54, 1.807) is 19.2 Å². The zero-order valence-electron chi connectivity index (χ0n) is 10.9. The summed E-state index contributed by atoms with van der Waals surface area (Å²) in [6, 6.07) is 8.23. The van der Waals surface area contributed by atoms with Gasteiger partial charge in [0.25, 0.3) is 0 Å². The van der Waals surface area contributed by atoms with Crippen LogP contribution in [-0.4, -0.2) is 19.2 Å². The Hall–Kier alpha value is -1.60. The van der Waals surface area contributed by atoms with Crippen molar-refractivity contribution in [1.82, 2.24) is 5.32 Å². The highest BCUT2D eigenvalue weighted by Gasteiger charge is 2.19. The Morgan fingerprint density at radius 1 is 1.33 bits per heavy atom. The maximum absolute atomic E-state index is 12.6. The highest BCUT2D eigenvalue weighted by molar-refractivity contribution is 5.21. The van der Waals surface area contributed by atoms with E-state index in [-0.39, 0.29) is 5.82 Å². The molecule has 1 unspecified atom stereocenters. The van der Waals surface area contributed by atoms with Crippen LogP contribution in [0.15, 0.2) is 24.3 Å². The molecular formula is C14H19FN2O. The number of halogens is 1. The van der Waals surface area contributed by atoms with Crippen LogP contribution >= 0.6 is 0 Å². The lowest BCUT2D eigenvalue weighted by atomic mass is 9.97. The van der Waals surface area contributed by atoms with E-state index >= 15 is 0 Å². The predicted molar refractivity (Wildman–Crippen MR) is 68.8 cm³/mol. The van der Waals surface area contributed by atoms with E-state index in [1.807, 2.05) is 6.92 Å². The molecule has 0 spiro atoms. The Morgan fingerprint density at radius 3 is 2.56 bits per heavy atom. The molecule has 1 aromatic carbocycles. The molecule has 3 nitrogen and oxygen atoms in total. The molecule has 4 heteroatoms. The van der Waals surface area contributed by atoms with Crippen molar-refractivity contribution in [3.8, 4) is 11.8 Å². The quantitative estimate of drug-likeness (QED) is 0.757. The highest BCUT2D eigenvalue weighted by atomic mass is 19.1. The van der Waals surface area contributed by atoms with Crippen molar-refractivity contribution in [1.29, 1.82) is 5.26 Å². The number of nitrogens with zero attached hydrogens (tertiary/aromatic N) is 1. The molecule has 1 atom stereocenters. The number of nitrogens with one attached hydrogen (secondary N) is 1. The number of hydrogen-bond donors (Lipinski definition) is 1. The number of benzene rings is 1. The van der Waals surface area contributed by atoms with E-state index in [0.717, 1.165) is 19.3 Å². The molecular weight excluding hydrogens is 231 g/mol. The monoisotopic (exact) mass is 250 g/mol. The molecule has 0 radical (unpaired) electrons. The number of unbranched alkanes of at least 4 members (excludes halogenated alkanes) is 1. The van der Waals surface area contributed by atoms with E-state index in [1.165, 1.54) is 12.1 Å². The summed E-state index contributed by atoms with van der Waals surface area (Å²) in [5, 5.41) is 12.0. The summed E-state index contributed by atoms with van der Waals surface area (Å²) in [4.78, 5) is 0. The van der Waals surface area contributed by atoms with Crippen LogP contribution in [0.4, 0.5) is 4.39 Å². The Bertz CT molecular complexity index is 399. The Balaban J connectivity index is 2.20. The highest BCUT2D eigenvalue weighted by Crippen LogP contribution is 2.14. The van der Waals surface area contributed by atoms with Gasteiger partial charge in [-0.3, -0.25) is 0 Å². The number of hydrogen-bond acceptors (Lipinski definition) is 3. The first-order valence-corrected chi connectivity index (χ1v) is 6.08. The summed E-state index contributed by atoms with van der Waals surface area (Å²) in [6.45, 7) is 2.46. The van der Waals surface area contributed by atoms with Crippen molar-refractivity contribution in [2.45, 2.75) is 31.7 Å². The van der Waals surface area contributed by atoms with Gasteiger partial charge in [0, 0.05) is 0 Å². The van der Waals surface area contributed by atoms with Crippen molar-refractivity contribution in [3.63, 3.8) is 0 Å². The van der Waals surface area contributed by atoms with Crippen LogP contribution in [0.3, 0.4) is 0 Å². The third-order valence-corrected chi connectivity index (χ3v) is 2.95. The first kappa shape index (κ1) is 14.5. The minimum Gasteiger partial charge on any atom is -0.494 e. The molecule has 98 valence electrons. The van der Waals surface area contributed by atoms with Crippen molar-refractivity contribution >= 4 is 0 Å². The van der Waals surface area contributed by atoms with Crippen LogP contribution in [0.25, 0.3) is 0 Å². The van der Waals surface area contributed by atoms with Gasteiger partial charge in [-0.2, -0.15) is 5.26 Å². The van der Waals surface area contributed by atoms with Gasteiger partial charge < -0.3 is 10.1 Å². The second-order valence-electron chi connectivity index (χ2n) is 4.45. The molecule has 1 rings (SSSR count). The summed E-state index contributed by atoms with van der Waals surface area (Å²) < 4.78 is 18.1. The summed E-state index contributed by atoms with van der Waals surface area (Å²) in [7, 11) is 1.79. The molecule has 0 amide bonds. The molecule has 18 heavy (non-hydrogen) atoms. The summed E-state index contributed by atoms with van der Waals surface area (Å²) in [6.07, 6.45) is 2.56. The Kier molecular flexibility index (Phi) is 5.60. The number of nitriles is 1. The van der Waals surface area contributed by atoms with Crippen LogP contribution in [-0.2, 0) is 0 Å². The summed E-state index contributed by atoms with van der Waals surface area (Å²) >= 11 is 0. The van der Waals surface area contributed by atoms with E-state index in [2.05, 4.69) is 11.4 Å². The molecule has 0 bridgehead atoms. The molecule has 0 aliphatic carbocycles. The molecule has 0 aromatic heterocycles. The molecule has 0 aliphatic rings. The fraction of sp³-hybridized carbons (Fsp3) is 0.500. The lowest BCUT2D eigenvalue weighted by Crippen LogP contribution is -2.37. The van der Waals surface area contributed by atoms with Crippen LogP contribution < -0.4 is 10.1 Å². The maximum atomic E-state index is 12.6. The molecule has 0 saturated carbocycles. The topological polar surface area (TPSA) is 45.0 Å². The van der Waals surface area contributed by atoms with Gasteiger partial charge in [-0.05, 0) is 57.5 Å². The normalized spacial score (nSPS) is 13.7. The fourth-order valence-corrected chi connectivity index (χ4v) is 1.54. The molecule has 0 fully saturated rings. The largest absolute Gasteiger partial charge is 0.494 e. The fourth-order valence-electron chi connectivity index (χ4n) is 1.54. The third kappa shape index (κ3) is 4.72. The van der Waals surface area contributed by atoms with E-state index in [9.17, 15) is 4.39 Å². The van der Waals surface area contributed by atoms with Gasteiger partial charge in [0.15, 0.2) is 0 Å². The molecule has 1 aromatic rings. The molecule has 0 heterocycles. The van der Waals surface area contributed by atoms with Gasteiger partial charge >= 0.3 is 0 Å². The van der Waals surface area contributed by atoms with Crippen LogP contribution in [0.5, 0.6) is 5.75 Å². The standard InChI is InChI=1S/C14H19FN2O/c1-14(11-16,17-2)9-3-4-10-18-13-7-5-12(15)6-8-13/h5-8,17H,3-4,9-10H2,1-2H3. The third-order valence-electron chi connectivity index (χ3n) is 2.95. The van der Waals surface area contributed by atoms with E-state index in [0.29, 0.717) is 12.4 Å². The van der Waals surface area contributed by atoms with Crippen molar-refractivity contribution in [3.05, 3.63) is 30.1 Å². The minimum atomic E-state index is -0.462. The van der Waals surface area contributed by atoms with E-state index in [4.69, 9.17) is 10.00 Å². The Morgan fingerprint density at radius 2 is 2.00 bits per heavy atom. The molecule has 0 aliphatic heterocycles. The molecule has 0 saturated heterocycles. The van der Waals surface area contributed by atoms with E-state index < -0.39 is 5.54 Å². The van der Waals surface area contributed by atoms with Gasteiger partial charge in [-0.25, -0.2) is 4.39 Å². The summed E-state index contributed by atoms with van der Waals surface area (Å²) in [5.74, 6) is 0.411. The summed E-state index contributed by atoms with van der Waals surface area (Å²) in [5.41, 5.74) is -0.462. The minimum absolute atomic E-state index is 0.263. The zero-order chi connectivity index (χ0) is 13.4. The van der Waals surface area contributed by atoms with Gasteiger partial charge in [0.05, 0.1) is 12.7 Å². The second kappa shape index (κ2) is 6.97. The zero-order valence-corrected chi connectivity index (χ0v) is 10.9. The maximum Gasteiger partial charge on any atom is 0.123 e. The average Bonchev–Trinajstić information content (AvgIpc) is 2.40. The first-order valence-electron chi connectivity index (χ1n) is 6.08. The van der Waals surface area contributed by atoms with Gasteiger partial charge in [-0.15, -0.1) is 0 Å². The van der Waals surface area contributed by atoms with Gasteiger partial charge in [0.2, 0.25) is 0 Å². The predicted octanol–water partition coefficient (Wildman–Crippen LogP) is 2.88. The molecule has 1 N–H and O–H groups in total. The number of rotatable bonds is 7. The van der Waals surface area contributed by atoms with Crippen LogP contribution in [0, 0.1) is 17.1 Å². The number of ether oxygens (including phenoxy) is 1. The Labute approximate surface area is 108 Å². The average molecular weight is 250 g/mol.